The topological polar surface area (TPSA) is 92.2 Å². The highest BCUT2D eigenvalue weighted by Gasteiger charge is 2.29. The quantitative estimate of drug-likeness (QED) is 0.185. The SMILES string of the molecule is CC(C)N1CN(C(C)C)c2cc(OCCOCCOCCOCCN=[N+]=[N-])ccc21. The average Bonchev–Trinajstić information content (AvgIpc) is 3.11. The molecule has 0 saturated heterocycles. The van der Waals surface area contributed by atoms with Crippen molar-refractivity contribution in [3.05, 3.63) is 28.6 Å². The van der Waals surface area contributed by atoms with E-state index in [2.05, 4.69) is 59.7 Å². The molecule has 1 aromatic rings. The van der Waals surface area contributed by atoms with Gasteiger partial charge in [0.2, 0.25) is 0 Å². The van der Waals surface area contributed by atoms with Crippen LogP contribution in [0.25, 0.3) is 10.4 Å². The Kier molecular flexibility index (Phi) is 10.6. The maximum Gasteiger partial charge on any atom is 0.121 e. The lowest BCUT2D eigenvalue weighted by atomic mass is 10.2. The molecule has 0 aromatic heterocycles. The first-order chi connectivity index (χ1) is 14.5. The van der Waals surface area contributed by atoms with Gasteiger partial charge >= 0.3 is 0 Å². The number of rotatable bonds is 15. The standard InChI is InChI=1S/C21H35N5O4/c1-17(2)25-16-26(18(3)4)21-15-19(5-6-20(21)25)30-14-13-29-12-11-28-10-9-27-8-7-23-24-22/h5-6,15,17-18H,7-14,16H2,1-4H3. The molecule has 1 aliphatic heterocycles. The average molecular weight is 422 g/mol. The Morgan fingerprint density at radius 1 is 0.867 bits per heavy atom. The second-order valence-electron chi connectivity index (χ2n) is 7.56. The third kappa shape index (κ3) is 7.57. The van der Waals surface area contributed by atoms with E-state index >= 15 is 0 Å². The highest BCUT2D eigenvalue weighted by atomic mass is 16.6. The van der Waals surface area contributed by atoms with Crippen LogP contribution in [0.5, 0.6) is 5.75 Å². The van der Waals surface area contributed by atoms with Crippen molar-refractivity contribution in [1.29, 1.82) is 0 Å². The van der Waals surface area contributed by atoms with Crippen LogP contribution in [0.1, 0.15) is 27.7 Å². The first kappa shape index (κ1) is 24.1. The molecule has 2 rings (SSSR count). The van der Waals surface area contributed by atoms with Gasteiger partial charge in [-0.15, -0.1) is 0 Å². The number of nitrogens with zero attached hydrogens (tertiary/aromatic N) is 5. The zero-order chi connectivity index (χ0) is 21.8. The van der Waals surface area contributed by atoms with Gasteiger partial charge in [-0.25, -0.2) is 0 Å². The molecule has 0 atom stereocenters. The van der Waals surface area contributed by atoms with Crippen LogP contribution in [-0.4, -0.2) is 71.5 Å². The van der Waals surface area contributed by atoms with Gasteiger partial charge in [-0.1, -0.05) is 5.11 Å². The largest absolute Gasteiger partial charge is 0.491 e. The van der Waals surface area contributed by atoms with Gasteiger partial charge < -0.3 is 28.7 Å². The highest BCUT2D eigenvalue weighted by molar-refractivity contribution is 5.78. The first-order valence-corrected chi connectivity index (χ1v) is 10.6. The highest BCUT2D eigenvalue weighted by Crippen LogP contribution is 2.40. The van der Waals surface area contributed by atoms with Gasteiger partial charge in [0.1, 0.15) is 12.4 Å². The van der Waals surface area contributed by atoms with Crippen molar-refractivity contribution in [2.75, 3.05) is 69.3 Å². The van der Waals surface area contributed by atoms with Crippen LogP contribution < -0.4 is 14.5 Å². The fourth-order valence-electron chi connectivity index (χ4n) is 3.18. The van der Waals surface area contributed by atoms with Crippen LogP contribution in [0.3, 0.4) is 0 Å². The summed E-state index contributed by atoms with van der Waals surface area (Å²) in [5, 5.41) is 3.39. The molecule has 0 bridgehead atoms. The summed E-state index contributed by atoms with van der Waals surface area (Å²) in [5.41, 5.74) is 10.6. The molecule has 168 valence electrons. The minimum absolute atomic E-state index is 0.343. The fraction of sp³-hybridized carbons (Fsp3) is 0.714. The Morgan fingerprint density at radius 2 is 1.43 bits per heavy atom. The molecule has 9 nitrogen and oxygen atoms in total. The monoisotopic (exact) mass is 421 g/mol. The molecule has 0 fully saturated rings. The molecule has 0 N–H and O–H groups in total. The Labute approximate surface area is 179 Å². The number of azide groups is 1. The molecule has 0 radical (unpaired) electrons. The summed E-state index contributed by atoms with van der Waals surface area (Å²) in [6.07, 6.45) is 0. The summed E-state index contributed by atoms with van der Waals surface area (Å²) in [6.45, 7) is 13.5. The van der Waals surface area contributed by atoms with Gasteiger partial charge in [0, 0.05) is 29.6 Å². The minimum atomic E-state index is 0.343. The van der Waals surface area contributed by atoms with E-state index in [4.69, 9.17) is 24.5 Å². The third-order valence-corrected chi connectivity index (χ3v) is 4.76. The second kappa shape index (κ2) is 13.2. The smallest absolute Gasteiger partial charge is 0.121 e. The maximum absolute atomic E-state index is 8.14. The van der Waals surface area contributed by atoms with Crippen LogP contribution in [0.15, 0.2) is 23.3 Å². The van der Waals surface area contributed by atoms with Gasteiger partial charge in [0.25, 0.3) is 0 Å². The number of anilines is 2. The summed E-state index contributed by atoms with van der Waals surface area (Å²) in [6, 6.07) is 7.20. The molecule has 0 aliphatic carbocycles. The van der Waals surface area contributed by atoms with E-state index in [1.165, 1.54) is 11.4 Å². The van der Waals surface area contributed by atoms with Crippen molar-refractivity contribution in [2.24, 2.45) is 5.11 Å². The molecule has 0 spiro atoms. The zero-order valence-corrected chi connectivity index (χ0v) is 18.6. The van der Waals surface area contributed by atoms with Crippen molar-refractivity contribution in [3.63, 3.8) is 0 Å². The molecule has 30 heavy (non-hydrogen) atoms. The molecular weight excluding hydrogens is 386 g/mol. The number of ether oxygens (including phenoxy) is 4. The fourth-order valence-corrected chi connectivity index (χ4v) is 3.18. The Balaban J connectivity index is 1.61. The van der Waals surface area contributed by atoms with E-state index < -0.39 is 0 Å². The van der Waals surface area contributed by atoms with E-state index in [1.54, 1.807) is 0 Å². The van der Waals surface area contributed by atoms with Gasteiger partial charge in [-0.3, -0.25) is 0 Å². The minimum Gasteiger partial charge on any atom is -0.491 e. The molecule has 1 aliphatic rings. The van der Waals surface area contributed by atoms with Gasteiger partial charge in [-0.05, 0) is 45.4 Å². The van der Waals surface area contributed by atoms with Crippen LogP contribution in [0.2, 0.25) is 0 Å². The normalized spacial score (nSPS) is 13.1. The van der Waals surface area contributed by atoms with E-state index in [0.717, 1.165) is 12.4 Å². The lowest BCUT2D eigenvalue weighted by Crippen LogP contribution is -2.38. The van der Waals surface area contributed by atoms with Gasteiger partial charge in [0.15, 0.2) is 0 Å². The van der Waals surface area contributed by atoms with Crippen molar-refractivity contribution < 1.29 is 18.9 Å². The van der Waals surface area contributed by atoms with E-state index in [-0.39, 0.29) is 0 Å². The van der Waals surface area contributed by atoms with E-state index in [1.807, 2.05) is 6.07 Å². The van der Waals surface area contributed by atoms with Crippen molar-refractivity contribution in [2.45, 2.75) is 39.8 Å². The molecule has 1 aromatic carbocycles. The predicted octanol–water partition coefficient (Wildman–Crippen LogP) is 3.83. The number of hydrogen-bond donors (Lipinski definition) is 0. The van der Waals surface area contributed by atoms with E-state index in [9.17, 15) is 0 Å². The lowest BCUT2D eigenvalue weighted by molar-refractivity contribution is 0.0106. The number of hydrogen-bond acceptors (Lipinski definition) is 7. The van der Waals surface area contributed by atoms with Crippen molar-refractivity contribution in [1.82, 2.24) is 0 Å². The molecule has 9 heteroatoms. The molecular formula is C21H35N5O4. The Morgan fingerprint density at radius 3 is 2.03 bits per heavy atom. The molecule has 0 unspecified atom stereocenters. The third-order valence-electron chi connectivity index (χ3n) is 4.76. The van der Waals surface area contributed by atoms with Gasteiger partial charge in [0.05, 0.1) is 57.7 Å². The van der Waals surface area contributed by atoms with E-state index in [0.29, 0.717) is 64.9 Å². The van der Waals surface area contributed by atoms with Crippen LogP contribution >= 0.6 is 0 Å². The summed E-state index contributed by atoms with van der Waals surface area (Å²) in [5.74, 6) is 0.864. The van der Waals surface area contributed by atoms with Crippen LogP contribution in [0.4, 0.5) is 11.4 Å². The summed E-state index contributed by atoms with van der Waals surface area (Å²) in [7, 11) is 0. The first-order valence-electron chi connectivity index (χ1n) is 10.6. The van der Waals surface area contributed by atoms with Crippen molar-refractivity contribution in [3.8, 4) is 5.75 Å². The van der Waals surface area contributed by atoms with Crippen LogP contribution in [0, 0.1) is 0 Å². The molecule has 1 heterocycles. The predicted molar refractivity (Wildman–Crippen MR) is 119 cm³/mol. The lowest BCUT2D eigenvalue weighted by Gasteiger charge is -2.27. The van der Waals surface area contributed by atoms with Crippen molar-refractivity contribution >= 4 is 11.4 Å². The molecule has 0 amide bonds. The van der Waals surface area contributed by atoms with Crippen LogP contribution in [-0.2, 0) is 14.2 Å². The summed E-state index contributed by atoms with van der Waals surface area (Å²) in [4.78, 5) is 7.46. The summed E-state index contributed by atoms with van der Waals surface area (Å²) < 4.78 is 22.1. The molecule has 0 saturated carbocycles. The zero-order valence-electron chi connectivity index (χ0n) is 18.6. The Bertz CT molecular complexity index is 679. The second-order valence-corrected chi connectivity index (χ2v) is 7.56. The summed E-state index contributed by atoms with van der Waals surface area (Å²) >= 11 is 0. The number of benzene rings is 1. The maximum atomic E-state index is 8.14. The Hall–Kier alpha value is -2.19. The number of fused-ring (bicyclic) bond motifs is 1. The van der Waals surface area contributed by atoms with Gasteiger partial charge in [-0.2, -0.15) is 0 Å².